The molecule has 1 atom stereocenters. The number of hydrogen-bond donors (Lipinski definition) is 2. The Morgan fingerprint density at radius 3 is 2.84 bits per heavy atom. The molecular formula is C18H23NO6. The number of carboxylic acids is 1. The van der Waals surface area contributed by atoms with Gasteiger partial charge in [-0.25, -0.2) is 0 Å². The average Bonchev–Trinajstić information content (AvgIpc) is 3.07. The number of rotatable bonds is 6. The van der Waals surface area contributed by atoms with Gasteiger partial charge in [-0.3, -0.25) is 9.59 Å². The summed E-state index contributed by atoms with van der Waals surface area (Å²) in [4.78, 5) is 23.3. The van der Waals surface area contributed by atoms with Gasteiger partial charge in [-0.15, -0.1) is 0 Å². The Balaban J connectivity index is 1.62. The molecule has 0 radical (unpaired) electrons. The van der Waals surface area contributed by atoms with Crippen molar-refractivity contribution < 1.29 is 28.9 Å². The minimum absolute atomic E-state index is 0.170. The number of para-hydroxylation sites is 1. The van der Waals surface area contributed by atoms with E-state index in [-0.39, 0.29) is 31.1 Å². The molecule has 3 rings (SSSR count). The molecule has 1 aromatic rings. The molecule has 0 spiro atoms. The van der Waals surface area contributed by atoms with E-state index in [2.05, 4.69) is 5.32 Å². The maximum atomic E-state index is 12.3. The fraction of sp³-hybridized carbons (Fsp3) is 0.556. The number of carbonyl (C=O) groups is 2. The molecule has 0 bridgehead atoms. The van der Waals surface area contributed by atoms with E-state index in [1.807, 2.05) is 26.0 Å². The predicted octanol–water partition coefficient (Wildman–Crippen LogP) is 1.53. The monoisotopic (exact) mass is 349 g/mol. The standard InChI is InChI=1S/C18H23NO6/c1-17(2)8-12-4-3-5-13(16(12)25-17)24-10-14(20)19-18(9-15(21)22)6-7-23-11-18/h3-5H,6-11H2,1-2H3,(H,19,20)(H,21,22). The lowest BCUT2D eigenvalue weighted by Crippen LogP contribution is -2.51. The lowest BCUT2D eigenvalue weighted by Gasteiger charge is -2.27. The number of carboxylic acid groups (broad SMARTS) is 1. The third-order valence-corrected chi connectivity index (χ3v) is 4.41. The second kappa shape index (κ2) is 6.55. The summed E-state index contributed by atoms with van der Waals surface area (Å²) < 4.78 is 16.8. The second-order valence-corrected chi connectivity index (χ2v) is 7.27. The van der Waals surface area contributed by atoms with E-state index in [1.54, 1.807) is 6.07 Å². The number of ether oxygens (including phenoxy) is 3. The van der Waals surface area contributed by atoms with E-state index in [9.17, 15) is 9.59 Å². The van der Waals surface area contributed by atoms with E-state index >= 15 is 0 Å². The first-order valence-corrected chi connectivity index (χ1v) is 8.33. The zero-order chi connectivity index (χ0) is 18.1. The van der Waals surface area contributed by atoms with Crippen molar-refractivity contribution in [2.75, 3.05) is 19.8 Å². The minimum Gasteiger partial charge on any atom is -0.483 e. The van der Waals surface area contributed by atoms with Gasteiger partial charge in [-0.05, 0) is 26.3 Å². The quantitative estimate of drug-likeness (QED) is 0.809. The van der Waals surface area contributed by atoms with Gasteiger partial charge >= 0.3 is 5.97 Å². The van der Waals surface area contributed by atoms with Gasteiger partial charge in [-0.1, -0.05) is 12.1 Å². The summed E-state index contributed by atoms with van der Waals surface area (Å²) in [6.07, 6.45) is 1.09. The first kappa shape index (κ1) is 17.5. The number of aliphatic carboxylic acids is 1. The van der Waals surface area contributed by atoms with Crippen LogP contribution in [0.1, 0.15) is 32.3 Å². The lowest BCUT2D eigenvalue weighted by molar-refractivity contribution is -0.139. The molecule has 136 valence electrons. The summed E-state index contributed by atoms with van der Waals surface area (Å²) in [6, 6.07) is 5.61. The zero-order valence-electron chi connectivity index (χ0n) is 14.5. The third kappa shape index (κ3) is 4.04. The number of fused-ring (bicyclic) bond motifs is 1. The van der Waals surface area contributed by atoms with Crippen LogP contribution in [0.25, 0.3) is 0 Å². The maximum Gasteiger partial charge on any atom is 0.305 e. The van der Waals surface area contributed by atoms with Crippen LogP contribution in [0.5, 0.6) is 11.5 Å². The molecule has 1 aromatic carbocycles. The zero-order valence-corrected chi connectivity index (χ0v) is 14.5. The number of hydrogen-bond acceptors (Lipinski definition) is 5. The number of carbonyl (C=O) groups excluding carboxylic acids is 1. The van der Waals surface area contributed by atoms with Crippen molar-refractivity contribution in [3.63, 3.8) is 0 Å². The van der Waals surface area contributed by atoms with Gasteiger partial charge in [0.1, 0.15) is 5.60 Å². The number of benzene rings is 1. The Hall–Kier alpha value is -2.28. The molecule has 0 saturated carbocycles. The van der Waals surface area contributed by atoms with Crippen molar-refractivity contribution in [1.29, 1.82) is 0 Å². The largest absolute Gasteiger partial charge is 0.483 e. The molecular weight excluding hydrogens is 326 g/mol. The first-order valence-electron chi connectivity index (χ1n) is 8.33. The molecule has 2 N–H and O–H groups in total. The minimum atomic E-state index is -0.969. The van der Waals surface area contributed by atoms with Gasteiger partial charge in [-0.2, -0.15) is 0 Å². The van der Waals surface area contributed by atoms with E-state index in [0.717, 1.165) is 12.0 Å². The van der Waals surface area contributed by atoms with Gasteiger partial charge < -0.3 is 24.6 Å². The van der Waals surface area contributed by atoms with Crippen LogP contribution >= 0.6 is 0 Å². The van der Waals surface area contributed by atoms with E-state index in [0.29, 0.717) is 24.5 Å². The molecule has 1 saturated heterocycles. The van der Waals surface area contributed by atoms with Gasteiger partial charge in [0.15, 0.2) is 18.1 Å². The Kier molecular flexibility index (Phi) is 4.60. The highest BCUT2D eigenvalue weighted by atomic mass is 16.5. The van der Waals surface area contributed by atoms with Gasteiger partial charge in [0.2, 0.25) is 0 Å². The van der Waals surface area contributed by atoms with Crippen molar-refractivity contribution in [2.24, 2.45) is 0 Å². The molecule has 1 fully saturated rings. The van der Waals surface area contributed by atoms with Crippen molar-refractivity contribution in [3.05, 3.63) is 23.8 Å². The van der Waals surface area contributed by atoms with Gasteiger partial charge in [0, 0.05) is 18.6 Å². The maximum absolute atomic E-state index is 12.3. The van der Waals surface area contributed by atoms with Crippen LogP contribution in [0.3, 0.4) is 0 Å². The lowest BCUT2D eigenvalue weighted by atomic mass is 9.94. The molecule has 0 aliphatic carbocycles. The normalized spacial score (nSPS) is 23.6. The Morgan fingerprint density at radius 2 is 2.16 bits per heavy atom. The van der Waals surface area contributed by atoms with Crippen LogP contribution in [0, 0.1) is 0 Å². The molecule has 25 heavy (non-hydrogen) atoms. The van der Waals surface area contributed by atoms with Crippen LogP contribution in [0.15, 0.2) is 18.2 Å². The van der Waals surface area contributed by atoms with E-state index in [1.165, 1.54) is 0 Å². The topological polar surface area (TPSA) is 94.1 Å². The van der Waals surface area contributed by atoms with Crippen LogP contribution in [-0.4, -0.2) is 47.9 Å². The van der Waals surface area contributed by atoms with Crippen molar-refractivity contribution in [3.8, 4) is 11.5 Å². The summed E-state index contributed by atoms with van der Waals surface area (Å²) in [6.45, 7) is 4.42. The molecule has 1 unspecified atom stereocenters. The highest BCUT2D eigenvalue weighted by Gasteiger charge is 2.39. The summed E-state index contributed by atoms with van der Waals surface area (Å²) in [7, 11) is 0. The van der Waals surface area contributed by atoms with E-state index < -0.39 is 11.5 Å². The summed E-state index contributed by atoms with van der Waals surface area (Å²) >= 11 is 0. The number of amides is 1. The molecule has 2 aliphatic heterocycles. The SMILES string of the molecule is CC1(C)Cc2cccc(OCC(=O)NC3(CC(=O)O)CCOC3)c2O1. The Bertz CT molecular complexity index is 678. The van der Waals surface area contributed by atoms with E-state index in [4.69, 9.17) is 19.3 Å². The van der Waals surface area contributed by atoms with Gasteiger partial charge in [0.25, 0.3) is 5.91 Å². The summed E-state index contributed by atoms with van der Waals surface area (Å²) in [5.74, 6) is -0.150. The highest BCUT2D eigenvalue weighted by molar-refractivity contribution is 5.80. The predicted molar refractivity (Wildman–Crippen MR) is 88.9 cm³/mol. The molecule has 2 heterocycles. The van der Waals surface area contributed by atoms with Crippen molar-refractivity contribution in [1.82, 2.24) is 5.32 Å². The second-order valence-electron chi connectivity index (χ2n) is 7.27. The average molecular weight is 349 g/mol. The smallest absolute Gasteiger partial charge is 0.305 e. The number of nitrogens with one attached hydrogen (secondary N) is 1. The molecule has 1 amide bonds. The molecule has 0 aromatic heterocycles. The fourth-order valence-electron chi connectivity index (χ4n) is 3.36. The molecule has 7 nitrogen and oxygen atoms in total. The van der Waals surface area contributed by atoms with Crippen LogP contribution in [0.2, 0.25) is 0 Å². The van der Waals surface area contributed by atoms with Crippen molar-refractivity contribution >= 4 is 11.9 Å². The highest BCUT2D eigenvalue weighted by Crippen LogP contribution is 2.41. The first-order chi connectivity index (χ1) is 11.8. The Labute approximate surface area is 146 Å². The van der Waals surface area contributed by atoms with Crippen LogP contribution in [0.4, 0.5) is 0 Å². The van der Waals surface area contributed by atoms with Gasteiger partial charge in [0.05, 0.1) is 18.6 Å². The van der Waals surface area contributed by atoms with Crippen molar-refractivity contribution in [2.45, 2.75) is 44.2 Å². The molecule has 7 heteroatoms. The van der Waals surface area contributed by atoms with Crippen LogP contribution in [-0.2, 0) is 20.7 Å². The summed E-state index contributed by atoms with van der Waals surface area (Å²) in [5.41, 5.74) is -0.102. The molecule has 2 aliphatic rings. The fourth-order valence-corrected chi connectivity index (χ4v) is 3.36. The third-order valence-electron chi connectivity index (χ3n) is 4.41. The van der Waals surface area contributed by atoms with Crippen LogP contribution < -0.4 is 14.8 Å². The summed E-state index contributed by atoms with van der Waals surface area (Å²) in [5, 5.41) is 11.8. The Morgan fingerprint density at radius 1 is 1.36 bits per heavy atom.